The number of nitrogens with zero attached hydrogens (tertiary/aromatic N) is 2. The van der Waals surface area contributed by atoms with Crippen LogP contribution in [-0.2, 0) is 27.1 Å². The molecule has 0 radical (unpaired) electrons. The summed E-state index contributed by atoms with van der Waals surface area (Å²) in [5.74, 6) is 0. The normalized spacial score (nSPS) is 17.3. The minimum atomic E-state index is -0.275. The summed E-state index contributed by atoms with van der Waals surface area (Å²) < 4.78 is 9.55. The zero-order chi connectivity index (χ0) is 47.2. The third-order valence-electron chi connectivity index (χ3n) is 16.8. The maximum absolute atomic E-state index is 6.80. The van der Waals surface area contributed by atoms with Crippen LogP contribution in [0.3, 0.4) is 0 Å². The first-order valence-electron chi connectivity index (χ1n) is 24.9. The molecule has 0 unspecified atom stereocenters. The van der Waals surface area contributed by atoms with Gasteiger partial charge < -0.3 is 14.1 Å². The van der Waals surface area contributed by atoms with Crippen LogP contribution in [-0.4, -0.2) is 6.85 Å². The van der Waals surface area contributed by atoms with Crippen molar-refractivity contribution in [3.05, 3.63) is 161 Å². The van der Waals surface area contributed by atoms with Crippen LogP contribution in [0.4, 0.5) is 28.4 Å². The van der Waals surface area contributed by atoms with Crippen molar-refractivity contribution in [2.45, 2.75) is 123 Å². The number of para-hydroxylation sites is 1. The molecule has 13 rings (SSSR count). The summed E-state index contributed by atoms with van der Waals surface area (Å²) in [5.41, 5.74) is 23.1. The maximum Gasteiger partial charge on any atom is 0.343 e. The van der Waals surface area contributed by atoms with Gasteiger partial charge in [-0.25, -0.2) is 0 Å². The lowest BCUT2D eigenvalue weighted by Crippen LogP contribution is -2.61. The van der Waals surface area contributed by atoms with Crippen molar-refractivity contribution < 1.29 is 4.42 Å². The van der Waals surface area contributed by atoms with Crippen molar-refractivity contribution in [3.8, 4) is 22.3 Å². The molecule has 0 spiro atoms. The molecule has 0 amide bonds. The average Bonchev–Trinajstić information content (AvgIpc) is 3.93. The number of thiophene rings is 1. The number of fused-ring (bicyclic) bond motifs is 14. The van der Waals surface area contributed by atoms with Crippen LogP contribution < -0.4 is 20.0 Å². The number of anilines is 5. The third-order valence-corrected chi connectivity index (χ3v) is 18.0. The first-order valence-corrected chi connectivity index (χ1v) is 25.7. The molecule has 9 aromatic rings. The van der Waals surface area contributed by atoms with E-state index in [1.54, 1.807) is 0 Å². The molecule has 0 atom stereocenters. The van der Waals surface area contributed by atoms with Gasteiger partial charge in [0.1, 0.15) is 11.2 Å². The Bertz CT molecular complexity index is 3630. The summed E-state index contributed by atoms with van der Waals surface area (Å²) in [6, 6.07) is 49.5. The third kappa shape index (κ3) is 5.72. The Morgan fingerprint density at radius 3 is 1.82 bits per heavy atom. The predicted molar refractivity (Wildman–Crippen MR) is 293 cm³/mol. The molecular formula is C63H61BN2OS. The van der Waals surface area contributed by atoms with Crippen LogP contribution in [0.1, 0.15) is 129 Å². The highest BCUT2D eigenvalue weighted by Gasteiger charge is 2.52. The van der Waals surface area contributed by atoms with Crippen LogP contribution >= 0.6 is 11.3 Å². The lowest BCUT2D eigenvalue weighted by molar-refractivity contribution is 0.332. The molecule has 4 heterocycles. The summed E-state index contributed by atoms with van der Waals surface area (Å²) in [6.07, 6.45) is 2.35. The van der Waals surface area contributed by atoms with E-state index in [9.17, 15) is 0 Å². The molecule has 7 aromatic carbocycles. The van der Waals surface area contributed by atoms with Gasteiger partial charge in [-0.3, -0.25) is 0 Å². The Balaban J connectivity index is 1.22. The molecule has 4 aliphatic rings. The monoisotopic (exact) mass is 904 g/mol. The smallest absolute Gasteiger partial charge is 0.343 e. The fraction of sp³-hybridized carbons (Fsp3) is 0.302. The highest BCUT2D eigenvalue weighted by atomic mass is 32.1. The van der Waals surface area contributed by atoms with E-state index in [4.69, 9.17) is 4.42 Å². The van der Waals surface area contributed by atoms with Crippen LogP contribution in [0.2, 0.25) is 0 Å². The number of benzene rings is 7. The van der Waals surface area contributed by atoms with Gasteiger partial charge in [-0.1, -0.05) is 150 Å². The number of furan rings is 1. The van der Waals surface area contributed by atoms with Gasteiger partial charge in [0.25, 0.3) is 0 Å². The molecule has 0 bridgehead atoms. The van der Waals surface area contributed by atoms with E-state index < -0.39 is 0 Å². The van der Waals surface area contributed by atoms with E-state index >= 15 is 0 Å². The fourth-order valence-electron chi connectivity index (χ4n) is 12.8. The SMILES string of the molecule is CC(C)(C)c1ccc(N2B3c4sc5cc6c(cc5c4N(c4ccc(C(C)(C)C)cc4)c4c3c(cc3c4C(C)(C)c4ccccc4-3)-c3cc4c(cc32)oc2ccccc24)C(C)(C)CCC6(C)C)cc1. The molecule has 68 heavy (non-hydrogen) atoms. The molecule has 2 aliphatic carbocycles. The second-order valence-electron chi connectivity index (χ2n) is 24.4. The van der Waals surface area contributed by atoms with Crippen molar-refractivity contribution in [2.24, 2.45) is 0 Å². The molecule has 0 saturated carbocycles. The lowest BCUT2D eigenvalue weighted by Gasteiger charge is -2.46. The molecule has 0 N–H and O–H groups in total. The van der Waals surface area contributed by atoms with E-state index in [0.717, 1.165) is 21.9 Å². The van der Waals surface area contributed by atoms with Gasteiger partial charge in [0.2, 0.25) is 0 Å². The largest absolute Gasteiger partial charge is 0.456 e. The maximum atomic E-state index is 6.80. The van der Waals surface area contributed by atoms with E-state index in [0.29, 0.717) is 0 Å². The van der Waals surface area contributed by atoms with Gasteiger partial charge in [0.05, 0.1) is 5.69 Å². The molecule has 5 heteroatoms. The van der Waals surface area contributed by atoms with Crippen LogP contribution in [0.5, 0.6) is 0 Å². The molecule has 2 aliphatic heterocycles. The number of rotatable bonds is 2. The second-order valence-corrected chi connectivity index (χ2v) is 25.5. The predicted octanol–water partition coefficient (Wildman–Crippen LogP) is 16.8. The molecule has 0 fully saturated rings. The van der Waals surface area contributed by atoms with Crippen molar-refractivity contribution in [3.63, 3.8) is 0 Å². The quantitative estimate of drug-likeness (QED) is 0.161. The van der Waals surface area contributed by atoms with Gasteiger partial charge in [-0.05, 0) is 145 Å². The standard InChI is InChI=1S/C63H61BN2OS/c1-59(2,3)36-21-25-38(26-22-36)65-56-46-33-48-49(62(9,10)30-29-61(48,7)8)34-53(46)68-58(56)64-55-45(32-44-40-17-13-15-19-47(40)63(11,12)54(44)57(55)65)42-31-43-41-18-14-16-20-51(41)67-52(43)35-50(42)66(64)39-27-23-37(24-28-39)60(4,5)6/h13-28,31-35H,29-30H2,1-12H3. The number of hydrogen-bond donors (Lipinski definition) is 0. The summed E-state index contributed by atoms with van der Waals surface area (Å²) in [4.78, 5) is 5.44. The summed E-state index contributed by atoms with van der Waals surface area (Å²) in [7, 11) is 0. The van der Waals surface area contributed by atoms with Crippen molar-refractivity contribution in [1.29, 1.82) is 0 Å². The van der Waals surface area contributed by atoms with E-state index in [1.807, 2.05) is 11.3 Å². The highest BCUT2D eigenvalue weighted by Crippen LogP contribution is 2.60. The van der Waals surface area contributed by atoms with E-state index in [-0.39, 0.29) is 33.9 Å². The Morgan fingerprint density at radius 2 is 1.15 bits per heavy atom. The van der Waals surface area contributed by atoms with E-state index in [1.165, 1.54) is 117 Å². The zero-order valence-corrected chi connectivity index (χ0v) is 42.6. The summed E-state index contributed by atoms with van der Waals surface area (Å²) in [6.45, 7) is 28.6. The van der Waals surface area contributed by atoms with Crippen LogP contribution in [0.25, 0.3) is 54.3 Å². The van der Waals surface area contributed by atoms with Crippen LogP contribution in [0, 0.1) is 0 Å². The minimum absolute atomic E-state index is 0.0207. The first kappa shape index (κ1) is 42.1. The van der Waals surface area contributed by atoms with Crippen LogP contribution in [0.15, 0.2) is 132 Å². The Hall–Kier alpha value is -6.04. The number of hydrogen-bond acceptors (Lipinski definition) is 4. The Kier molecular flexibility index (Phi) is 8.42. The minimum Gasteiger partial charge on any atom is -0.456 e. The second kappa shape index (κ2) is 13.6. The molecule has 338 valence electrons. The van der Waals surface area contributed by atoms with Gasteiger partial charge >= 0.3 is 6.85 Å². The highest BCUT2D eigenvalue weighted by molar-refractivity contribution is 7.32. The van der Waals surface area contributed by atoms with Gasteiger partial charge in [-0.15, -0.1) is 11.3 Å². The zero-order valence-electron chi connectivity index (χ0n) is 41.8. The first-order chi connectivity index (χ1) is 32.2. The van der Waals surface area contributed by atoms with Gasteiger partial charge in [-0.2, -0.15) is 0 Å². The average molecular weight is 905 g/mol. The molecular weight excluding hydrogens is 844 g/mol. The summed E-state index contributed by atoms with van der Waals surface area (Å²) in [5, 5.41) is 3.66. The van der Waals surface area contributed by atoms with Crippen molar-refractivity contribution in [1.82, 2.24) is 0 Å². The van der Waals surface area contributed by atoms with Crippen molar-refractivity contribution in [2.75, 3.05) is 9.71 Å². The van der Waals surface area contributed by atoms with Crippen molar-refractivity contribution >= 4 is 88.9 Å². The topological polar surface area (TPSA) is 19.6 Å². The summed E-state index contributed by atoms with van der Waals surface area (Å²) >= 11 is 2.02. The Morgan fingerprint density at radius 1 is 0.529 bits per heavy atom. The Labute approximate surface area is 406 Å². The lowest BCUT2D eigenvalue weighted by atomic mass is 9.46. The molecule has 3 nitrogen and oxygen atoms in total. The molecule has 0 saturated heterocycles. The fourth-order valence-corrected chi connectivity index (χ4v) is 14.1. The van der Waals surface area contributed by atoms with Gasteiger partial charge in [0, 0.05) is 65.4 Å². The van der Waals surface area contributed by atoms with E-state index in [2.05, 4.69) is 220 Å². The van der Waals surface area contributed by atoms with Gasteiger partial charge in [0.15, 0.2) is 0 Å². The molecule has 2 aromatic heterocycles.